The van der Waals surface area contributed by atoms with Crippen molar-refractivity contribution in [1.29, 1.82) is 0 Å². The Morgan fingerprint density at radius 2 is 1.84 bits per heavy atom. The number of nitrogens with one attached hydrogen (secondary N) is 2. The van der Waals surface area contributed by atoms with Crippen LogP contribution in [-0.2, 0) is 9.59 Å². The number of anilines is 1. The number of nitrogens with zero attached hydrogens (tertiary/aromatic N) is 1. The number of benzene rings is 2. The predicted molar refractivity (Wildman–Crippen MR) is 125 cm³/mol. The first-order valence-corrected chi connectivity index (χ1v) is 11.1. The molecule has 0 fully saturated rings. The number of thiazole rings is 1. The highest BCUT2D eigenvalue weighted by Gasteiger charge is 2.18. The molecule has 0 unspecified atom stereocenters. The zero-order chi connectivity index (χ0) is 22.5. The number of carbonyl (C=O) groups excluding carboxylic acids is 2. The van der Waals surface area contributed by atoms with Gasteiger partial charge in [0.25, 0.3) is 5.91 Å². The third-order valence-corrected chi connectivity index (χ3v) is 5.69. The number of rotatable bonds is 7. The Balaban J connectivity index is 1.63. The zero-order valence-electron chi connectivity index (χ0n) is 17.7. The summed E-state index contributed by atoms with van der Waals surface area (Å²) >= 11 is 7.48. The molecule has 0 bridgehead atoms. The Bertz CT molecular complexity index is 1080. The summed E-state index contributed by atoms with van der Waals surface area (Å²) in [7, 11) is 0. The van der Waals surface area contributed by atoms with E-state index in [-0.39, 0.29) is 17.9 Å². The van der Waals surface area contributed by atoms with Gasteiger partial charge in [0.2, 0.25) is 5.91 Å². The third-order valence-electron chi connectivity index (χ3n) is 4.62. The minimum atomic E-state index is -0.735. The molecule has 8 heteroatoms. The quantitative estimate of drug-likeness (QED) is 0.499. The normalized spacial score (nSPS) is 12.7. The lowest BCUT2D eigenvalue weighted by Crippen LogP contribution is -2.30. The Morgan fingerprint density at radius 3 is 2.52 bits per heavy atom. The van der Waals surface area contributed by atoms with E-state index in [0.29, 0.717) is 15.9 Å². The fourth-order valence-electron chi connectivity index (χ4n) is 2.95. The molecule has 3 rings (SSSR count). The lowest BCUT2D eigenvalue weighted by atomic mass is 10.1. The predicted octanol–water partition coefficient (Wildman–Crippen LogP) is 5.38. The lowest BCUT2D eigenvalue weighted by molar-refractivity contribution is -0.122. The summed E-state index contributed by atoms with van der Waals surface area (Å²) in [5.41, 5.74) is 3.68. The Kier molecular flexibility index (Phi) is 7.30. The first-order chi connectivity index (χ1) is 14.7. The fourth-order valence-corrected chi connectivity index (χ4v) is 3.83. The highest BCUT2D eigenvalue weighted by Crippen LogP contribution is 2.28. The van der Waals surface area contributed by atoms with Gasteiger partial charge in [-0.1, -0.05) is 41.9 Å². The number of ether oxygens (including phenoxy) is 1. The van der Waals surface area contributed by atoms with E-state index in [1.54, 1.807) is 19.1 Å². The molecule has 3 aromatic rings. The summed E-state index contributed by atoms with van der Waals surface area (Å²) in [6.45, 7) is 7.02. The maximum atomic E-state index is 12.5. The highest BCUT2D eigenvalue weighted by molar-refractivity contribution is 7.14. The van der Waals surface area contributed by atoms with Gasteiger partial charge in [-0.25, -0.2) is 4.98 Å². The van der Waals surface area contributed by atoms with Crippen molar-refractivity contribution in [3.8, 4) is 17.0 Å². The van der Waals surface area contributed by atoms with Crippen LogP contribution in [0.25, 0.3) is 11.3 Å². The summed E-state index contributed by atoms with van der Waals surface area (Å²) in [6.07, 6.45) is -0.735. The summed E-state index contributed by atoms with van der Waals surface area (Å²) in [5.74, 6) is 0.0926. The zero-order valence-corrected chi connectivity index (χ0v) is 19.3. The lowest BCUT2D eigenvalue weighted by Gasteiger charge is -2.15. The van der Waals surface area contributed by atoms with E-state index in [4.69, 9.17) is 16.3 Å². The third kappa shape index (κ3) is 6.06. The molecule has 2 amide bonds. The van der Waals surface area contributed by atoms with Crippen LogP contribution in [0, 0.1) is 6.92 Å². The summed E-state index contributed by atoms with van der Waals surface area (Å²) in [6, 6.07) is 13.1. The molecule has 0 aliphatic heterocycles. The number of carbonyl (C=O) groups is 2. The van der Waals surface area contributed by atoms with Crippen LogP contribution in [-0.4, -0.2) is 22.9 Å². The van der Waals surface area contributed by atoms with Crippen molar-refractivity contribution in [3.63, 3.8) is 0 Å². The maximum absolute atomic E-state index is 12.5. The van der Waals surface area contributed by atoms with Crippen LogP contribution in [0.5, 0.6) is 5.75 Å². The van der Waals surface area contributed by atoms with Gasteiger partial charge in [0.1, 0.15) is 5.75 Å². The minimum Gasteiger partial charge on any atom is -0.479 e. The van der Waals surface area contributed by atoms with E-state index in [2.05, 4.69) is 15.6 Å². The Hall–Kier alpha value is -2.90. The smallest absolute Gasteiger partial charge is 0.266 e. The van der Waals surface area contributed by atoms with Gasteiger partial charge in [-0.15, -0.1) is 11.3 Å². The molecule has 2 atom stereocenters. The van der Waals surface area contributed by atoms with E-state index in [0.717, 1.165) is 22.4 Å². The molecule has 1 heterocycles. The van der Waals surface area contributed by atoms with E-state index in [1.165, 1.54) is 18.3 Å². The molecule has 0 spiro atoms. The van der Waals surface area contributed by atoms with Crippen molar-refractivity contribution in [3.05, 3.63) is 64.0 Å². The van der Waals surface area contributed by atoms with Crippen LogP contribution in [0.1, 0.15) is 37.9 Å². The molecular formula is C23H24ClN3O3S. The summed E-state index contributed by atoms with van der Waals surface area (Å²) in [4.78, 5) is 28.2. The van der Waals surface area contributed by atoms with Crippen molar-refractivity contribution in [1.82, 2.24) is 10.3 Å². The van der Waals surface area contributed by atoms with Gasteiger partial charge in [-0.05, 0) is 44.0 Å². The molecular weight excluding hydrogens is 434 g/mol. The van der Waals surface area contributed by atoms with Crippen LogP contribution in [0.4, 0.5) is 5.13 Å². The average Bonchev–Trinajstić information content (AvgIpc) is 3.18. The number of hydrogen-bond acceptors (Lipinski definition) is 5. The van der Waals surface area contributed by atoms with Crippen LogP contribution in [0.3, 0.4) is 0 Å². The molecule has 0 saturated carbocycles. The molecule has 2 aromatic carbocycles. The van der Waals surface area contributed by atoms with Gasteiger partial charge in [0, 0.05) is 17.9 Å². The van der Waals surface area contributed by atoms with Gasteiger partial charge in [0.05, 0.1) is 16.8 Å². The molecule has 0 aliphatic rings. The van der Waals surface area contributed by atoms with Crippen LogP contribution < -0.4 is 15.4 Å². The van der Waals surface area contributed by atoms with Crippen LogP contribution in [0.15, 0.2) is 47.8 Å². The van der Waals surface area contributed by atoms with E-state index in [9.17, 15) is 9.59 Å². The van der Waals surface area contributed by atoms with Crippen molar-refractivity contribution < 1.29 is 14.3 Å². The van der Waals surface area contributed by atoms with E-state index >= 15 is 0 Å². The summed E-state index contributed by atoms with van der Waals surface area (Å²) in [5, 5.41) is 8.47. The molecule has 0 radical (unpaired) electrons. The highest BCUT2D eigenvalue weighted by atomic mass is 35.5. The van der Waals surface area contributed by atoms with Crippen molar-refractivity contribution in [2.24, 2.45) is 0 Å². The van der Waals surface area contributed by atoms with E-state index < -0.39 is 6.10 Å². The van der Waals surface area contributed by atoms with Crippen molar-refractivity contribution in [2.45, 2.75) is 39.8 Å². The summed E-state index contributed by atoms with van der Waals surface area (Å²) < 4.78 is 5.72. The maximum Gasteiger partial charge on any atom is 0.266 e. The number of amides is 2. The molecule has 6 nitrogen and oxygen atoms in total. The van der Waals surface area contributed by atoms with Crippen molar-refractivity contribution >= 4 is 39.9 Å². The first kappa shape index (κ1) is 22.8. The fraction of sp³-hybridized carbons (Fsp3) is 0.261. The standard InChI is InChI=1S/C23H24ClN3O3S/c1-13-5-10-19(24)21(11-13)30-15(3)22(29)27-23-26-20(12-31-23)18-8-6-17(7-9-18)14(2)25-16(4)28/h5-12,14-15H,1-4H3,(H,25,28)(H,26,27,29)/t14-,15+/m1/s1. The Labute approximate surface area is 190 Å². The minimum absolute atomic E-state index is 0.0692. The molecule has 0 saturated heterocycles. The number of aromatic nitrogens is 1. The average molecular weight is 458 g/mol. The molecule has 162 valence electrons. The van der Waals surface area contributed by atoms with Gasteiger partial charge in [-0.3, -0.25) is 14.9 Å². The second-order valence-electron chi connectivity index (χ2n) is 7.27. The molecule has 1 aromatic heterocycles. The van der Waals surface area contributed by atoms with E-state index in [1.807, 2.05) is 49.6 Å². The number of hydrogen-bond donors (Lipinski definition) is 2. The SMILES string of the molecule is CC(=O)N[C@H](C)c1ccc(-c2csc(NC(=O)[C@H](C)Oc3cc(C)ccc3Cl)n2)cc1. The topological polar surface area (TPSA) is 80.3 Å². The van der Waals surface area contributed by atoms with Crippen LogP contribution in [0.2, 0.25) is 5.02 Å². The van der Waals surface area contributed by atoms with Gasteiger partial charge < -0.3 is 10.1 Å². The second kappa shape index (κ2) is 9.94. The monoisotopic (exact) mass is 457 g/mol. The van der Waals surface area contributed by atoms with Gasteiger partial charge in [-0.2, -0.15) is 0 Å². The van der Waals surface area contributed by atoms with Gasteiger partial charge >= 0.3 is 0 Å². The van der Waals surface area contributed by atoms with Crippen LogP contribution >= 0.6 is 22.9 Å². The number of halogens is 1. The Morgan fingerprint density at radius 1 is 1.13 bits per heavy atom. The first-order valence-electron chi connectivity index (χ1n) is 9.79. The molecule has 2 N–H and O–H groups in total. The number of aryl methyl sites for hydroxylation is 1. The van der Waals surface area contributed by atoms with Crippen molar-refractivity contribution in [2.75, 3.05) is 5.32 Å². The largest absolute Gasteiger partial charge is 0.479 e. The molecule has 0 aliphatic carbocycles. The van der Waals surface area contributed by atoms with Gasteiger partial charge in [0.15, 0.2) is 11.2 Å². The second-order valence-corrected chi connectivity index (χ2v) is 8.53. The molecule has 31 heavy (non-hydrogen) atoms.